The number of pyridine rings is 1. The van der Waals surface area contributed by atoms with Gasteiger partial charge in [0.05, 0.1) is 0 Å². The molecule has 1 fully saturated rings. The molecule has 1 N–H and O–H groups in total. The van der Waals surface area contributed by atoms with Crippen LogP contribution in [0, 0.1) is 12.8 Å². The fourth-order valence-electron chi connectivity index (χ4n) is 2.37. The number of carbonyl (C=O) groups excluding carboxylic acids is 1. The molecule has 1 aromatic rings. The lowest BCUT2D eigenvalue weighted by atomic mass is 10.1. The lowest BCUT2D eigenvalue weighted by Gasteiger charge is -2.19. The van der Waals surface area contributed by atoms with Gasteiger partial charge in [0.15, 0.2) is 0 Å². The highest BCUT2D eigenvalue weighted by molar-refractivity contribution is 9.09. The van der Waals surface area contributed by atoms with E-state index in [-0.39, 0.29) is 5.91 Å². The Labute approximate surface area is 110 Å². The van der Waals surface area contributed by atoms with Crippen molar-refractivity contribution in [2.45, 2.75) is 32.2 Å². The SMILES string of the molecule is Cc1cccnc1C(=O)NC1CCCC1CBr. The van der Waals surface area contributed by atoms with Gasteiger partial charge >= 0.3 is 0 Å². The van der Waals surface area contributed by atoms with Crippen molar-refractivity contribution < 1.29 is 4.79 Å². The molecule has 1 aliphatic rings. The number of aromatic nitrogens is 1. The van der Waals surface area contributed by atoms with Crippen molar-refractivity contribution in [2.75, 3.05) is 5.33 Å². The molecule has 2 atom stereocenters. The standard InChI is InChI=1S/C13H17BrN2O/c1-9-4-3-7-15-12(9)13(17)16-11-6-2-5-10(11)8-14/h3-4,7,10-11H,2,5-6,8H2,1H3,(H,16,17). The summed E-state index contributed by atoms with van der Waals surface area (Å²) in [7, 11) is 0. The molecule has 0 aliphatic heterocycles. The minimum absolute atomic E-state index is 0.0408. The van der Waals surface area contributed by atoms with Crippen LogP contribution in [0.4, 0.5) is 0 Å². The van der Waals surface area contributed by atoms with E-state index in [2.05, 4.69) is 26.2 Å². The highest BCUT2D eigenvalue weighted by atomic mass is 79.9. The normalized spacial score (nSPS) is 23.6. The largest absolute Gasteiger partial charge is 0.348 e. The molecular formula is C13H17BrN2O. The molecule has 1 saturated carbocycles. The Balaban J connectivity index is 2.04. The molecule has 0 spiro atoms. The average Bonchev–Trinajstić information content (AvgIpc) is 2.76. The van der Waals surface area contributed by atoms with E-state index < -0.39 is 0 Å². The van der Waals surface area contributed by atoms with E-state index in [1.54, 1.807) is 6.20 Å². The van der Waals surface area contributed by atoms with Crippen molar-refractivity contribution in [3.8, 4) is 0 Å². The van der Waals surface area contributed by atoms with Crippen LogP contribution in [0.1, 0.15) is 35.3 Å². The number of halogens is 1. The first kappa shape index (κ1) is 12.6. The van der Waals surface area contributed by atoms with Gasteiger partial charge in [0, 0.05) is 17.6 Å². The number of hydrogen-bond acceptors (Lipinski definition) is 2. The predicted octanol–water partition coefficient (Wildman–Crippen LogP) is 2.68. The van der Waals surface area contributed by atoms with Gasteiger partial charge in [-0.05, 0) is 37.3 Å². The number of aryl methyl sites for hydroxylation is 1. The Kier molecular flexibility index (Phi) is 4.15. The number of nitrogens with zero attached hydrogens (tertiary/aromatic N) is 1. The molecule has 0 aromatic carbocycles. The molecule has 17 heavy (non-hydrogen) atoms. The van der Waals surface area contributed by atoms with Gasteiger partial charge in [-0.1, -0.05) is 28.4 Å². The van der Waals surface area contributed by atoms with Crippen molar-refractivity contribution >= 4 is 21.8 Å². The molecule has 1 amide bonds. The van der Waals surface area contributed by atoms with Gasteiger partial charge < -0.3 is 5.32 Å². The van der Waals surface area contributed by atoms with E-state index >= 15 is 0 Å². The first-order valence-corrected chi connectivity index (χ1v) is 7.13. The van der Waals surface area contributed by atoms with E-state index in [0.29, 0.717) is 17.7 Å². The molecule has 92 valence electrons. The van der Waals surface area contributed by atoms with Crippen molar-refractivity contribution in [3.63, 3.8) is 0 Å². The Morgan fingerprint density at radius 1 is 1.59 bits per heavy atom. The minimum Gasteiger partial charge on any atom is -0.348 e. The second-order valence-electron chi connectivity index (χ2n) is 4.59. The maximum Gasteiger partial charge on any atom is 0.270 e. The zero-order valence-corrected chi connectivity index (χ0v) is 11.5. The van der Waals surface area contributed by atoms with Crippen LogP contribution < -0.4 is 5.32 Å². The van der Waals surface area contributed by atoms with Crippen LogP contribution in [0.5, 0.6) is 0 Å². The molecule has 1 aliphatic carbocycles. The summed E-state index contributed by atoms with van der Waals surface area (Å²) in [5, 5.41) is 4.06. The lowest BCUT2D eigenvalue weighted by Crippen LogP contribution is -2.38. The highest BCUT2D eigenvalue weighted by Gasteiger charge is 2.28. The van der Waals surface area contributed by atoms with Crippen LogP contribution in [0.2, 0.25) is 0 Å². The number of nitrogens with one attached hydrogen (secondary N) is 1. The second-order valence-corrected chi connectivity index (χ2v) is 5.24. The van der Waals surface area contributed by atoms with Gasteiger partial charge in [-0.2, -0.15) is 0 Å². The third-order valence-corrected chi connectivity index (χ3v) is 4.23. The fraction of sp³-hybridized carbons (Fsp3) is 0.538. The summed E-state index contributed by atoms with van der Waals surface area (Å²) in [5.74, 6) is 0.518. The summed E-state index contributed by atoms with van der Waals surface area (Å²) >= 11 is 3.51. The molecule has 0 radical (unpaired) electrons. The number of amides is 1. The summed E-state index contributed by atoms with van der Waals surface area (Å²) in [6, 6.07) is 4.06. The molecule has 1 heterocycles. The van der Waals surface area contributed by atoms with E-state index in [9.17, 15) is 4.79 Å². The smallest absolute Gasteiger partial charge is 0.270 e. The van der Waals surface area contributed by atoms with E-state index in [1.807, 2.05) is 19.1 Å². The highest BCUT2D eigenvalue weighted by Crippen LogP contribution is 2.27. The van der Waals surface area contributed by atoms with Crippen LogP contribution >= 0.6 is 15.9 Å². The van der Waals surface area contributed by atoms with Crippen LogP contribution in [0.3, 0.4) is 0 Å². The zero-order valence-electron chi connectivity index (χ0n) is 9.95. The molecule has 1 aromatic heterocycles. The quantitative estimate of drug-likeness (QED) is 0.872. The number of carbonyl (C=O) groups is 1. The van der Waals surface area contributed by atoms with Gasteiger partial charge in [-0.15, -0.1) is 0 Å². The topological polar surface area (TPSA) is 42.0 Å². The van der Waals surface area contributed by atoms with Crippen LogP contribution in [0.15, 0.2) is 18.3 Å². The van der Waals surface area contributed by atoms with Gasteiger partial charge in [-0.3, -0.25) is 9.78 Å². The van der Waals surface area contributed by atoms with Gasteiger partial charge in [-0.25, -0.2) is 0 Å². The maximum absolute atomic E-state index is 12.1. The Morgan fingerprint density at radius 3 is 3.12 bits per heavy atom. The summed E-state index contributed by atoms with van der Waals surface area (Å²) in [6.07, 6.45) is 5.13. The molecule has 3 nitrogen and oxygen atoms in total. The van der Waals surface area contributed by atoms with Gasteiger partial charge in [0.25, 0.3) is 5.91 Å². The lowest BCUT2D eigenvalue weighted by molar-refractivity contribution is 0.0924. The Morgan fingerprint density at radius 2 is 2.41 bits per heavy atom. The first-order valence-electron chi connectivity index (χ1n) is 6.01. The van der Waals surface area contributed by atoms with Crippen molar-refractivity contribution in [2.24, 2.45) is 5.92 Å². The summed E-state index contributed by atoms with van der Waals surface area (Å²) in [5.41, 5.74) is 1.48. The summed E-state index contributed by atoms with van der Waals surface area (Å²) < 4.78 is 0. The Hall–Kier alpha value is -0.900. The third kappa shape index (κ3) is 2.86. The van der Waals surface area contributed by atoms with E-state index in [1.165, 1.54) is 12.8 Å². The van der Waals surface area contributed by atoms with Crippen molar-refractivity contribution in [1.29, 1.82) is 0 Å². The third-order valence-electron chi connectivity index (χ3n) is 3.40. The summed E-state index contributed by atoms with van der Waals surface area (Å²) in [4.78, 5) is 16.2. The first-order chi connectivity index (χ1) is 8.22. The maximum atomic E-state index is 12.1. The van der Waals surface area contributed by atoms with Crippen LogP contribution in [-0.4, -0.2) is 22.3 Å². The van der Waals surface area contributed by atoms with Gasteiger partial charge in [0.2, 0.25) is 0 Å². The van der Waals surface area contributed by atoms with Crippen molar-refractivity contribution in [1.82, 2.24) is 10.3 Å². The summed E-state index contributed by atoms with van der Waals surface area (Å²) in [6.45, 7) is 1.92. The Bertz CT molecular complexity index is 408. The van der Waals surface area contributed by atoms with E-state index in [4.69, 9.17) is 0 Å². The number of alkyl halides is 1. The second kappa shape index (κ2) is 5.63. The molecule has 4 heteroatoms. The zero-order chi connectivity index (χ0) is 12.3. The van der Waals surface area contributed by atoms with Crippen LogP contribution in [0.25, 0.3) is 0 Å². The van der Waals surface area contributed by atoms with Crippen LogP contribution in [-0.2, 0) is 0 Å². The van der Waals surface area contributed by atoms with Crippen molar-refractivity contribution in [3.05, 3.63) is 29.6 Å². The molecule has 0 bridgehead atoms. The molecule has 2 rings (SSSR count). The number of rotatable bonds is 3. The van der Waals surface area contributed by atoms with Gasteiger partial charge in [0.1, 0.15) is 5.69 Å². The minimum atomic E-state index is -0.0408. The predicted molar refractivity (Wildman–Crippen MR) is 71.4 cm³/mol. The molecule has 0 saturated heterocycles. The molecular weight excluding hydrogens is 280 g/mol. The monoisotopic (exact) mass is 296 g/mol. The van der Waals surface area contributed by atoms with E-state index in [0.717, 1.165) is 17.3 Å². The fourth-order valence-corrected chi connectivity index (χ4v) is 3.15. The number of hydrogen-bond donors (Lipinski definition) is 1. The molecule has 2 unspecified atom stereocenters. The average molecular weight is 297 g/mol.